The molecule has 2 aliphatic heterocycles. The Morgan fingerprint density at radius 1 is 0.915 bits per heavy atom. The van der Waals surface area contributed by atoms with Gasteiger partial charge in [0.15, 0.2) is 0 Å². The van der Waals surface area contributed by atoms with Crippen molar-refractivity contribution < 1.29 is 24.0 Å². The van der Waals surface area contributed by atoms with Gasteiger partial charge in [-0.1, -0.05) is 56.3 Å². The maximum atomic E-state index is 13.9. The molecule has 0 spiro atoms. The Morgan fingerprint density at radius 2 is 1.51 bits per heavy atom. The molecule has 0 aliphatic carbocycles. The van der Waals surface area contributed by atoms with Crippen LogP contribution in [0.3, 0.4) is 0 Å². The minimum Gasteiger partial charge on any atom is -0.465 e. The minimum absolute atomic E-state index is 0.0615. The van der Waals surface area contributed by atoms with Crippen LogP contribution in [-0.2, 0) is 24.5 Å². The Kier molecular flexibility index (Phi) is 12.3. The molecule has 2 aliphatic rings. The average molecular weight is 646 g/mol. The number of dihydropyridines is 1. The fourth-order valence-electron chi connectivity index (χ4n) is 6.68. The topological polar surface area (TPSA) is 143 Å². The number of nitrogens with one attached hydrogen (secondary N) is 3. The maximum Gasteiger partial charge on any atom is 0.316 e. The largest absolute Gasteiger partial charge is 0.465 e. The zero-order chi connectivity index (χ0) is 34.0. The fourth-order valence-corrected chi connectivity index (χ4v) is 6.68. The number of likely N-dealkylation sites (tertiary alicyclic amines) is 1. The van der Waals surface area contributed by atoms with E-state index in [9.17, 15) is 24.5 Å². The molecule has 11 heteroatoms. The van der Waals surface area contributed by atoms with E-state index in [0.29, 0.717) is 68.5 Å². The number of benzene rings is 2. The van der Waals surface area contributed by atoms with E-state index in [-0.39, 0.29) is 23.5 Å². The molecule has 1 fully saturated rings. The van der Waals surface area contributed by atoms with Gasteiger partial charge in [0.05, 0.1) is 16.9 Å². The molecule has 2 aromatic carbocycles. The Bertz CT molecular complexity index is 1490. The number of allylic oxidation sites excluding steroid dienone is 2. The third-order valence-electron chi connectivity index (χ3n) is 9.14. The molecule has 11 nitrogen and oxygen atoms in total. The van der Waals surface area contributed by atoms with E-state index in [2.05, 4.69) is 20.9 Å². The monoisotopic (exact) mass is 645 g/mol. The number of hydrogen-bond donors (Lipinski definition) is 3. The number of ether oxygens (including phenoxy) is 1. The normalized spacial score (nSPS) is 17.9. The Labute approximate surface area is 277 Å². The standard InChI is InChI=1S/C36H47N5O6/c1-5-28-31(33(42)37-7-3)30(25-15-17-27(18-16-25)41(45)46)32(29(6-2)39-28)34(43)38-21-12-22-40-23-19-36(20-24-40,35(44)47-8-4)26-13-10-9-11-14-26/h9-11,13-18,30,39H,5-8,12,19-24H2,1-4H3,(H,37,42)(H,38,43). The summed E-state index contributed by atoms with van der Waals surface area (Å²) < 4.78 is 5.51. The zero-order valence-corrected chi connectivity index (χ0v) is 27.9. The highest BCUT2D eigenvalue weighted by Gasteiger charge is 2.44. The van der Waals surface area contributed by atoms with E-state index in [1.54, 1.807) is 12.1 Å². The van der Waals surface area contributed by atoms with E-state index in [1.807, 2.05) is 58.0 Å². The van der Waals surface area contributed by atoms with E-state index >= 15 is 0 Å². The molecule has 3 N–H and O–H groups in total. The Balaban J connectivity index is 1.47. The second-order valence-electron chi connectivity index (χ2n) is 11.9. The van der Waals surface area contributed by atoms with Crippen molar-refractivity contribution in [1.82, 2.24) is 20.9 Å². The summed E-state index contributed by atoms with van der Waals surface area (Å²) in [4.78, 5) is 53.7. The summed E-state index contributed by atoms with van der Waals surface area (Å²) in [6.45, 7) is 11.0. The zero-order valence-electron chi connectivity index (χ0n) is 27.9. The quantitative estimate of drug-likeness (QED) is 0.115. The summed E-state index contributed by atoms with van der Waals surface area (Å²) in [5.41, 5.74) is 3.25. The van der Waals surface area contributed by atoms with Crippen molar-refractivity contribution in [2.45, 2.75) is 71.1 Å². The summed E-state index contributed by atoms with van der Waals surface area (Å²) in [7, 11) is 0. The minimum atomic E-state index is -0.690. The second-order valence-corrected chi connectivity index (χ2v) is 11.9. The summed E-state index contributed by atoms with van der Waals surface area (Å²) in [5, 5.41) is 20.7. The van der Waals surface area contributed by atoms with Gasteiger partial charge in [0, 0.05) is 53.7 Å². The van der Waals surface area contributed by atoms with E-state index < -0.39 is 16.3 Å². The molecule has 2 amide bonds. The lowest BCUT2D eigenvalue weighted by atomic mass is 9.72. The average Bonchev–Trinajstić information content (AvgIpc) is 3.09. The highest BCUT2D eigenvalue weighted by atomic mass is 16.6. The van der Waals surface area contributed by atoms with Gasteiger partial charge in [0.2, 0.25) is 11.8 Å². The number of hydrogen-bond acceptors (Lipinski definition) is 8. The number of esters is 1. The van der Waals surface area contributed by atoms with E-state index in [4.69, 9.17) is 4.74 Å². The number of non-ortho nitro benzene ring substituents is 1. The third-order valence-corrected chi connectivity index (χ3v) is 9.14. The number of carbonyl (C=O) groups excluding carboxylic acids is 3. The van der Waals surface area contributed by atoms with E-state index in [1.165, 1.54) is 12.1 Å². The van der Waals surface area contributed by atoms with Crippen LogP contribution in [0, 0.1) is 10.1 Å². The van der Waals surface area contributed by atoms with Crippen LogP contribution in [0.15, 0.2) is 77.1 Å². The van der Waals surface area contributed by atoms with Gasteiger partial charge in [0.1, 0.15) is 0 Å². The van der Waals surface area contributed by atoms with Crippen LogP contribution in [-0.4, -0.2) is 66.9 Å². The molecule has 1 atom stereocenters. The van der Waals surface area contributed by atoms with E-state index in [0.717, 1.165) is 36.6 Å². The summed E-state index contributed by atoms with van der Waals surface area (Å²) >= 11 is 0. The Hall–Kier alpha value is -4.51. The number of nitro benzene ring substituents is 1. The van der Waals surface area contributed by atoms with Crippen molar-refractivity contribution in [3.05, 3.63) is 98.4 Å². The number of rotatable bonds is 14. The van der Waals surface area contributed by atoms with Crippen molar-refractivity contribution >= 4 is 23.5 Å². The molecule has 1 saturated heterocycles. The molecule has 4 rings (SSSR count). The number of nitrogens with zero attached hydrogens (tertiary/aromatic N) is 2. The van der Waals surface area contributed by atoms with Gasteiger partial charge in [-0.15, -0.1) is 0 Å². The first-order chi connectivity index (χ1) is 22.7. The van der Waals surface area contributed by atoms with Crippen LogP contribution >= 0.6 is 0 Å². The molecule has 0 aromatic heterocycles. The van der Waals surface area contributed by atoms with Gasteiger partial charge < -0.3 is 25.6 Å². The van der Waals surface area contributed by atoms with Crippen LogP contribution < -0.4 is 16.0 Å². The highest BCUT2D eigenvalue weighted by Crippen LogP contribution is 2.40. The smallest absolute Gasteiger partial charge is 0.316 e. The molecule has 2 aromatic rings. The van der Waals surface area contributed by atoms with Crippen molar-refractivity contribution in [3.8, 4) is 0 Å². The van der Waals surface area contributed by atoms with Crippen LogP contribution in [0.5, 0.6) is 0 Å². The summed E-state index contributed by atoms with van der Waals surface area (Å²) in [6, 6.07) is 15.9. The van der Waals surface area contributed by atoms with Crippen molar-refractivity contribution in [1.29, 1.82) is 0 Å². The summed E-state index contributed by atoms with van der Waals surface area (Å²) in [6.07, 6.45) is 3.10. The number of piperidine rings is 1. The molecule has 0 bridgehead atoms. The third kappa shape index (κ3) is 7.90. The highest BCUT2D eigenvalue weighted by molar-refractivity contribution is 6.03. The Morgan fingerprint density at radius 3 is 2.04 bits per heavy atom. The molecular weight excluding hydrogens is 598 g/mol. The molecule has 47 heavy (non-hydrogen) atoms. The first-order valence-electron chi connectivity index (χ1n) is 16.7. The van der Waals surface area contributed by atoms with Crippen molar-refractivity contribution in [2.24, 2.45) is 0 Å². The van der Waals surface area contributed by atoms with Gasteiger partial charge in [-0.25, -0.2) is 0 Å². The second kappa shape index (κ2) is 16.4. The van der Waals surface area contributed by atoms with Gasteiger partial charge in [-0.2, -0.15) is 0 Å². The van der Waals surface area contributed by atoms with Gasteiger partial charge in [-0.3, -0.25) is 24.5 Å². The van der Waals surface area contributed by atoms with Crippen LogP contribution in [0.25, 0.3) is 0 Å². The molecule has 0 saturated carbocycles. The van der Waals surface area contributed by atoms with Crippen LogP contribution in [0.4, 0.5) is 5.69 Å². The molecule has 0 radical (unpaired) electrons. The molecule has 2 heterocycles. The first-order valence-corrected chi connectivity index (χ1v) is 16.7. The SMILES string of the molecule is CCNC(=O)C1=C(CC)NC(CC)=C(C(=O)NCCCN2CCC(C(=O)OCC)(c3ccccc3)CC2)C1c1ccc([N+](=O)[O-])cc1. The van der Waals surface area contributed by atoms with Crippen molar-refractivity contribution in [2.75, 3.05) is 39.3 Å². The summed E-state index contributed by atoms with van der Waals surface area (Å²) in [5.74, 6) is -1.42. The van der Waals surface area contributed by atoms with Crippen molar-refractivity contribution in [3.63, 3.8) is 0 Å². The molecule has 252 valence electrons. The molecular formula is C36H47N5O6. The number of likely N-dealkylation sites (N-methyl/N-ethyl adjacent to an activating group) is 1. The lowest BCUT2D eigenvalue weighted by Crippen LogP contribution is -2.48. The number of carbonyl (C=O) groups is 3. The van der Waals surface area contributed by atoms with Crippen LogP contribution in [0.2, 0.25) is 0 Å². The lowest BCUT2D eigenvalue weighted by molar-refractivity contribution is -0.384. The fraction of sp³-hybridized carbons (Fsp3) is 0.472. The van der Waals surface area contributed by atoms with Gasteiger partial charge in [-0.05, 0) is 76.7 Å². The maximum absolute atomic E-state index is 13.9. The van der Waals surface area contributed by atoms with Gasteiger partial charge in [0.25, 0.3) is 5.69 Å². The predicted octanol–water partition coefficient (Wildman–Crippen LogP) is 4.85. The van der Waals surface area contributed by atoms with Crippen LogP contribution in [0.1, 0.15) is 76.8 Å². The van der Waals surface area contributed by atoms with Gasteiger partial charge >= 0.3 is 5.97 Å². The molecule has 1 unspecified atom stereocenters. The lowest BCUT2D eigenvalue weighted by Gasteiger charge is -2.40. The predicted molar refractivity (Wildman–Crippen MR) is 180 cm³/mol. The first kappa shape index (κ1) is 35.3. The number of nitro groups is 1. The number of amides is 2.